The molecule has 6 heteroatoms. The van der Waals surface area contributed by atoms with E-state index in [4.69, 9.17) is 5.84 Å². The fourth-order valence-electron chi connectivity index (χ4n) is 2.63. The second kappa shape index (κ2) is 7.40. The number of likely N-dealkylation sites (tertiary alicyclic amines) is 1. The zero-order valence-electron chi connectivity index (χ0n) is 12.5. The molecule has 0 aromatic carbocycles. The largest absolute Gasteiger partial charge is 0.366 e. The molecular formula is C14H26N6. The number of hydrazine groups is 1. The highest BCUT2D eigenvalue weighted by molar-refractivity contribution is 5.47. The molecule has 0 spiro atoms. The first-order chi connectivity index (χ1) is 9.71. The summed E-state index contributed by atoms with van der Waals surface area (Å²) in [5.41, 5.74) is 2.61. The lowest BCUT2D eigenvalue weighted by atomic mass is 10.3. The molecule has 1 saturated heterocycles. The van der Waals surface area contributed by atoms with Gasteiger partial charge in [0.15, 0.2) is 0 Å². The Labute approximate surface area is 121 Å². The van der Waals surface area contributed by atoms with Crippen LogP contribution in [0.4, 0.5) is 11.6 Å². The number of anilines is 2. The van der Waals surface area contributed by atoms with Crippen molar-refractivity contribution < 1.29 is 0 Å². The molecule has 1 aromatic rings. The van der Waals surface area contributed by atoms with Gasteiger partial charge in [-0.15, -0.1) is 0 Å². The first kappa shape index (κ1) is 15.0. The third-order valence-electron chi connectivity index (χ3n) is 3.52. The predicted octanol–water partition coefficient (Wildman–Crippen LogP) is 1.61. The van der Waals surface area contributed by atoms with Crippen molar-refractivity contribution in [3.63, 3.8) is 0 Å². The van der Waals surface area contributed by atoms with Crippen LogP contribution in [0.1, 0.15) is 38.9 Å². The number of nitrogens with two attached hydrogens (primary N) is 1. The highest BCUT2D eigenvalue weighted by Crippen LogP contribution is 2.14. The molecule has 1 atom stereocenters. The minimum atomic E-state index is 0.364. The highest BCUT2D eigenvalue weighted by atomic mass is 15.3. The van der Waals surface area contributed by atoms with Crippen LogP contribution in [0.15, 0.2) is 6.07 Å². The average Bonchev–Trinajstić information content (AvgIpc) is 2.91. The van der Waals surface area contributed by atoms with Crippen LogP contribution in [-0.2, 0) is 6.42 Å². The third-order valence-corrected chi connectivity index (χ3v) is 3.52. The number of hydrogen-bond donors (Lipinski definition) is 3. The van der Waals surface area contributed by atoms with Crippen LogP contribution in [-0.4, -0.2) is 40.5 Å². The zero-order chi connectivity index (χ0) is 14.4. The Bertz CT molecular complexity index is 416. The van der Waals surface area contributed by atoms with E-state index in [9.17, 15) is 0 Å². The van der Waals surface area contributed by atoms with E-state index >= 15 is 0 Å². The van der Waals surface area contributed by atoms with Crippen LogP contribution in [0.3, 0.4) is 0 Å². The number of hydrogen-bond acceptors (Lipinski definition) is 6. The first-order valence-corrected chi connectivity index (χ1v) is 7.54. The van der Waals surface area contributed by atoms with Crippen molar-refractivity contribution in [2.45, 2.75) is 45.6 Å². The summed E-state index contributed by atoms with van der Waals surface area (Å²) in [6, 6.07) is 2.22. The second-order valence-electron chi connectivity index (χ2n) is 5.50. The van der Waals surface area contributed by atoms with Crippen molar-refractivity contribution in [3.8, 4) is 0 Å². The predicted molar refractivity (Wildman–Crippen MR) is 82.6 cm³/mol. The third kappa shape index (κ3) is 4.31. The van der Waals surface area contributed by atoms with Gasteiger partial charge in [0.1, 0.15) is 17.5 Å². The fourth-order valence-corrected chi connectivity index (χ4v) is 2.63. The molecule has 0 radical (unpaired) electrons. The van der Waals surface area contributed by atoms with E-state index in [1.807, 2.05) is 6.07 Å². The summed E-state index contributed by atoms with van der Waals surface area (Å²) in [6.45, 7) is 7.79. The first-order valence-electron chi connectivity index (χ1n) is 7.54. The molecule has 2 heterocycles. The maximum atomic E-state index is 5.47. The molecule has 0 amide bonds. The minimum absolute atomic E-state index is 0.364. The van der Waals surface area contributed by atoms with Crippen LogP contribution in [0.5, 0.6) is 0 Å². The van der Waals surface area contributed by atoms with Crippen LogP contribution in [0.2, 0.25) is 0 Å². The molecule has 0 bridgehead atoms. The topological polar surface area (TPSA) is 79.1 Å². The van der Waals surface area contributed by atoms with Crippen LogP contribution < -0.4 is 16.6 Å². The molecule has 1 aromatic heterocycles. The number of nitrogens with zero attached hydrogens (tertiary/aromatic N) is 3. The second-order valence-corrected chi connectivity index (χ2v) is 5.50. The summed E-state index contributed by atoms with van der Waals surface area (Å²) in [7, 11) is 0. The summed E-state index contributed by atoms with van der Waals surface area (Å²) in [5, 5.41) is 3.45. The molecule has 1 aliphatic rings. The maximum absolute atomic E-state index is 5.47. The number of nitrogens with one attached hydrogen (secondary N) is 2. The zero-order valence-corrected chi connectivity index (χ0v) is 12.5. The van der Waals surface area contributed by atoms with Crippen molar-refractivity contribution in [3.05, 3.63) is 11.9 Å². The summed E-state index contributed by atoms with van der Waals surface area (Å²) in [4.78, 5) is 11.4. The van der Waals surface area contributed by atoms with E-state index in [1.165, 1.54) is 25.9 Å². The molecular weight excluding hydrogens is 252 g/mol. The Kier molecular flexibility index (Phi) is 5.55. The SMILES string of the molecule is CCCc1nc(NN)cc(NC(C)CN2CCCC2)n1. The van der Waals surface area contributed by atoms with Crippen LogP contribution in [0.25, 0.3) is 0 Å². The summed E-state index contributed by atoms with van der Waals surface area (Å²) in [5.74, 6) is 7.82. The van der Waals surface area contributed by atoms with E-state index in [0.717, 1.165) is 31.0 Å². The van der Waals surface area contributed by atoms with Gasteiger partial charge in [0.25, 0.3) is 0 Å². The Morgan fingerprint density at radius 1 is 1.30 bits per heavy atom. The Hall–Kier alpha value is -1.40. The van der Waals surface area contributed by atoms with Crippen molar-refractivity contribution in [1.29, 1.82) is 0 Å². The van der Waals surface area contributed by atoms with Gasteiger partial charge in [0.05, 0.1) is 0 Å². The number of aromatic nitrogens is 2. The van der Waals surface area contributed by atoms with Crippen molar-refractivity contribution in [2.24, 2.45) is 5.84 Å². The highest BCUT2D eigenvalue weighted by Gasteiger charge is 2.15. The maximum Gasteiger partial charge on any atom is 0.145 e. The fraction of sp³-hybridized carbons (Fsp3) is 0.714. The average molecular weight is 278 g/mol. The molecule has 1 unspecified atom stereocenters. The van der Waals surface area contributed by atoms with Crippen molar-refractivity contribution >= 4 is 11.6 Å². The van der Waals surface area contributed by atoms with Gasteiger partial charge in [0.2, 0.25) is 0 Å². The van der Waals surface area contributed by atoms with Gasteiger partial charge in [-0.1, -0.05) is 6.92 Å². The Morgan fingerprint density at radius 3 is 2.65 bits per heavy atom. The molecule has 4 N–H and O–H groups in total. The summed E-state index contributed by atoms with van der Waals surface area (Å²) in [6.07, 6.45) is 4.53. The molecule has 1 fully saturated rings. The molecule has 1 aliphatic heterocycles. The molecule has 6 nitrogen and oxygen atoms in total. The number of nitrogen functional groups attached to an aromatic ring is 1. The lowest BCUT2D eigenvalue weighted by Crippen LogP contribution is -2.33. The van der Waals surface area contributed by atoms with E-state index in [0.29, 0.717) is 11.9 Å². The van der Waals surface area contributed by atoms with Gasteiger partial charge in [0, 0.05) is 25.1 Å². The molecule has 0 aliphatic carbocycles. The monoisotopic (exact) mass is 278 g/mol. The number of aryl methyl sites for hydroxylation is 1. The summed E-state index contributed by atoms with van der Waals surface area (Å²) >= 11 is 0. The van der Waals surface area contributed by atoms with Gasteiger partial charge >= 0.3 is 0 Å². The lowest BCUT2D eigenvalue weighted by Gasteiger charge is -2.22. The normalized spacial score (nSPS) is 17.1. The van der Waals surface area contributed by atoms with Gasteiger partial charge < -0.3 is 15.6 Å². The van der Waals surface area contributed by atoms with Crippen molar-refractivity contribution in [2.75, 3.05) is 30.4 Å². The Balaban J connectivity index is 1.97. The van der Waals surface area contributed by atoms with Gasteiger partial charge in [-0.2, -0.15) is 0 Å². The van der Waals surface area contributed by atoms with E-state index in [2.05, 4.69) is 39.5 Å². The standard InChI is InChI=1S/C14H26N6/c1-3-6-12-17-13(9-14(18-12)19-15)16-11(2)10-20-7-4-5-8-20/h9,11H,3-8,10,15H2,1-2H3,(H2,16,17,18,19). The number of rotatable bonds is 7. The van der Waals surface area contributed by atoms with Crippen LogP contribution >= 0.6 is 0 Å². The molecule has 0 saturated carbocycles. The lowest BCUT2D eigenvalue weighted by molar-refractivity contribution is 0.327. The Morgan fingerprint density at radius 2 is 2.00 bits per heavy atom. The summed E-state index contributed by atoms with van der Waals surface area (Å²) < 4.78 is 0. The minimum Gasteiger partial charge on any atom is -0.366 e. The van der Waals surface area contributed by atoms with Gasteiger partial charge in [-0.3, -0.25) is 0 Å². The van der Waals surface area contributed by atoms with Crippen molar-refractivity contribution in [1.82, 2.24) is 14.9 Å². The van der Waals surface area contributed by atoms with Gasteiger partial charge in [-0.25, -0.2) is 15.8 Å². The van der Waals surface area contributed by atoms with E-state index < -0.39 is 0 Å². The molecule has 112 valence electrons. The van der Waals surface area contributed by atoms with Crippen LogP contribution in [0, 0.1) is 0 Å². The van der Waals surface area contributed by atoms with E-state index in [1.54, 1.807) is 0 Å². The molecule has 20 heavy (non-hydrogen) atoms. The van der Waals surface area contributed by atoms with Gasteiger partial charge in [-0.05, 0) is 39.3 Å². The quantitative estimate of drug-likeness (QED) is 0.519. The van der Waals surface area contributed by atoms with E-state index in [-0.39, 0.29) is 0 Å². The molecule has 2 rings (SSSR count). The smallest absolute Gasteiger partial charge is 0.145 e.